The lowest BCUT2D eigenvalue weighted by Crippen LogP contribution is -2.41. The van der Waals surface area contributed by atoms with Crippen molar-refractivity contribution in [2.75, 3.05) is 25.0 Å². The topological polar surface area (TPSA) is 58.4 Å². The van der Waals surface area contributed by atoms with Crippen molar-refractivity contribution in [3.8, 4) is 0 Å². The van der Waals surface area contributed by atoms with Crippen molar-refractivity contribution in [1.82, 2.24) is 5.32 Å². The number of anilines is 1. The first-order chi connectivity index (χ1) is 8.19. The minimum Gasteiger partial charge on any atom is -0.372 e. The van der Waals surface area contributed by atoms with Crippen molar-refractivity contribution in [1.29, 1.82) is 0 Å². The molecule has 0 heterocycles. The summed E-state index contributed by atoms with van der Waals surface area (Å²) in [4.78, 5) is 13.3. The molecule has 17 heavy (non-hydrogen) atoms. The number of likely N-dealkylation sites (N-methyl/N-ethyl adjacent to an activating group) is 1. The van der Waals surface area contributed by atoms with Crippen molar-refractivity contribution in [2.24, 2.45) is 5.73 Å². The van der Waals surface area contributed by atoms with E-state index in [1.807, 2.05) is 18.2 Å². The van der Waals surface area contributed by atoms with E-state index in [0.717, 1.165) is 13.1 Å². The zero-order chi connectivity index (χ0) is 12.7. The standard InChI is InChI=1S/C13H21N3O/c1-3-16(11-7-5-4-6-8-11)10-9-12(15-2)13(14)17/h4-8,12,15H,3,9-10H2,1-2H3,(H2,14,17). The summed E-state index contributed by atoms with van der Waals surface area (Å²) in [5.41, 5.74) is 6.47. The van der Waals surface area contributed by atoms with E-state index in [1.54, 1.807) is 7.05 Å². The first kappa shape index (κ1) is 13.5. The molecule has 0 aliphatic rings. The van der Waals surface area contributed by atoms with Crippen LogP contribution in [-0.4, -0.2) is 32.1 Å². The molecule has 0 radical (unpaired) electrons. The minimum atomic E-state index is -0.295. The molecule has 0 bridgehead atoms. The van der Waals surface area contributed by atoms with Crippen molar-refractivity contribution >= 4 is 11.6 Å². The molecule has 1 amide bonds. The lowest BCUT2D eigenvalue weighted by molar-refractivity contribution is -0.120. The predicted molar refractivity (Wildman–Crippen MR) is 71.0 cm³/mol. The molecule has 4 heteroatoms. The smallest absolute Gasteiger partial charge is 0.234 e. The molecule has 1 aromatic rings. The van der Waals surface area contributed by atoms with E-state index in [9.17, 15) is 4.79 Å². The van der Waals surface area contributed by atoms with Crippen LogP contribution in [0.3, 0.4) is 0 Å². The largest absolute Gasteiger partial charge is 0.372 e. The molecule has 0 saturated heterocycles. The summed E-state index contributed by atoms with van der Waals surface area (Å²) in [6.45, 7) is 3.83. The average Bonchev–Trinajstić information content (AvgIpc) is 2.35. The summed E-state index contributed by atoms with van der Waals surface area (Å²) >= 11 is 0. The molecular weight excluding hydrogens is 214 g/mol. The number of nitrogens with one attached hydrogen (secondary N) is 1. The van der Waals surface area contributed by atoms with Crippen molar-refractivity contribution in [3.63, 3.8) is 0 Å². The average molecular weight is 235 g/mol. The van der Waals surface area contributed by atoms with Gasteiger partial charge in [-0.1, -0.05) is 18.2 Å². The van der Waals surface area contributed by atoms with Gasteiger partial charge in [0.2, 0.25) is 5.91 Å². The number of nitrogens with two attached hydrogens (primary N) is 1. The maximum atomic E-state index is 11.1. The van der Waals surface area contributed by atoms with E-state index in [0.29, 0.717) is 6.42 Å². The number of nitrogens with zero attached hydrogens (tertiary/aromatic N) is 1. The number of benzene rings is 1. The fourth-order valence-electron chi connectivity index (χ4n) is 1.82. The Kier molecular flexibility index (Phi) is 5.49. The Balaban J connectivity index is 2.56. The van der Waals surface area contributed by atoms with Crippen molar-refractivity contribution in [3.05, 3.63) is 30.3 Å². The van der Waals surface area contributed by atoms with Gasteiger partial charge in [0.25, 0.3) is 0 Å². The van der Waals surface area contributed by atoms with E-state index >= 15 is 0 Å². The molecular formula is C13H21N3O. The van der Waals surface area contributed by atoms with Crippen LogP contribution in [0.25, 0.3) is 0 Å². The quantitative estimate of drug-likeness (QED) is 0.740. The van der Waals surface area contributed by atoms with Crippen LogP contribution in [0.1, 0.15) is 13.3 Å². The van der Waals surface area contributed by atoms with Gasteiger partial charge < -0.3 is 16.0 Å². The van der Waals surface area contributed by atoms with E-state index in [-0.39, 0.29) is 11.9 Å². The maximum Gasteiger partial charge on any atom is 0.234 e. The Morgan fingerprint density at radius 2 is 2.06 bits per heavy atom. The molecule has 1 atom stereocenters. The highest BCUT2D eigenvalue weighted by Crippen LogP contribution is 2.13. The molecule has 0 aromatic heterocycles. The van der Waals surface area contributed by atoms with Gasteiger partial charge in [0.1, 0.15) is 0 Å². The summed E-state index contributed by atoms with van der Waals surface area (Å²) in [6.07, 6.45) is 0.717. The maximum absolute atomic E-state index is 11.1. The van der Waals surface area contributed by atoms with Gasteiger partial charge in [-0.25, -0.2) is 0 Å². The summed E-state index contributed by atoms with van der Waals surface area (Å²) in [5.74, 6) is -0.295. The van der Waals surface area contributed by atoms with Crippen LogP contribution in [-0.2, 0) is 4.79 Å². The van der Waals surface area contributed by atoms with Gasteiger partial charge in [-0.15, -0.1) is 0 Å². The molecule has 1 rings (SSSR count). The van der Waals surface area contributed by atoms with Crippen LogP contribution < -0.4 is 16.0 Å². The zero-order valence-electron chi connectivity index (χ0n) is 10.5. The number of carbonyl (C=O) groups is 1. The van der Waals surface area contributed by atoms with Gasteiger partial charge in [-0.05, 0) is 32.5 Å². The van der Waals surface area contributed by atoms with E-state index < -0.39 is 0 Å². The van der Waals surface area contributed by atoms with Gasteiger partial charge in [0.15, 0.2) is 0 Å². The van der Waals surface area contributed by atoms with E-state index in [1.165, 1.54) is 5.69 Å². The van der Waals surface area contributed by atoms with Crippen LogP contribution in [0.15, 0.2) is 30.3 Å². The summed E-state index contributed by atoms with van der Waals surface area (Å²) in [6, 6.07) is 9.91. The molecule has 0 aliphatic carbocycles. The Hall–Kier alpha value is -1.55. The first-order valence-electron chi connectivity index (χ1n) is 5.95. The van der Waals surface area contributed by atoms with Gasteiger partial charge in [0, 0.05) is 18.8 Å². The monoisotopic (exact) mass is 235 g/mol. The highest BCUT2D eigenvalue weighted by Gasteiger charge is 2.14. The van der Waals surface area contributed by atoms with Gasteiger partial charge in [-0.2, -0.15) is 0 Å². The third-order valence-corrected chi connectivity index (χ3v) is 2.88. The Morgan fingerprint density at radius 3 is 2.53 bits per heavy atom. The highest BCUT2D eigenvalue weighted by molar-refractivity contribution is 5.79. The third-order valence-electron chi connectivity index (χ3n) is 2.88. The van der Waals surface area contributed by atoms with Gasteiger partial charge in [-0.3, -0.25) is 4.79 Å². The Bertz CT molecular complexity index is 340. The number of hydrogen-bond acceptors (Lipinski definition) is 3. The molecule has 0 spiro atoms. The number of hydrogen-bond donors (Lipinski definition) is 2. The van der Waals surface area contributed by atoms with Crippen LogP contribution in [0.2, 0.25) is 0 Å². The summed E-state index contributed by atoms with van der Waals surface area (Å²) in [5, 5.41) is 2.93. The minimum absolute atomic E-state index is 0.257. The SMILES string of the molecule is CCN(CCC(NC)C(N)=O)c1ccccc1. The molecule has 4 nitrogen and oxygen atoms in total. The number of amides is 1. The predicted octanol–water partition coefficient (Wildman–Crippen LogP) is 0.976. The summed E-state index contributed by atoms with van der Waals surface area (Å²) < 4.78 is 0. The number of rotatable bonds is 7. The van der Waals surface area contributed by atoms with Gasteiger partial charge >= 0.3 is 0 Å². The highest BCUT2D eigenvalue weighted by atomic mass is 16.1. The fraction of sp³-hybridized carbons (Fsp3) is 0.462. The molecule has 94 valence electrons. The Labute approximate surface area is 103 Å². The number of primary amides is 1. The molecule has 1 unspecified atom stereocenters. The van der Waals surface area contributed by atoms with Crippen molar-refractivity contribution < 1.29 is 4.79 Å². The number of carbonyl (C=O) groups excluding carboxylic acids is 1. The zero-order valence-corrected chi connectivity index (χ0v) is 10.5. The Morgan fingerprint density at radius 1 is 1.41 bits per heavy atom. The molecule has 3 N–H and O–H groups in total. The lowest BCUT2D eigenvalue weighted by Gasteiger charge is -2.24. The van der Waals surface area contributed by atoms with Crippen molar-refractivity contribution in [2.45, 2.75) is 19.4 Å². The fourth-order valence-corrected chi connectivity index (χ4v) is 1.82. The molecule has 0 saturated carbocycles. The first-order valence-corrected chi connectivity index (χ1v) is 5.95. The van der Waals surface area contributed by atoms with Crippen LogP contribution in [0.4, 0.5) is 5.69 Å². The lowest BCUT2D eigenvalue weighted by atomic mass is 10.2. The second kappa shape index (κ2) is 6.91. The molecule has 0 aliphatic heterocycles. The number of para-hydroxylation sites is 1. The second-order valence-electron chi connectivity index (χ2n) is 3.95. The summed E-state index contributed by atoms with van der Waals surface area (Å²) in [7, 11) is 1.76. The van der Waals surface area contributed by atoms with E-state index in [4.69, 9.17) is 5.73 Å². The molecule has 0 fully saturated rings. The third kappa shape index (κ3) is 4.07. The van der Waals surface area contributed by atoms with Crippen LogP contribution >= 0.6 is 0 Å². The van der Waals surface area contributed by atoms with Crippen LogP contribution in [0.5, 0.6) is 0 Å². The molecule has 1 aromatic carbocycles. The van der Waals surface area contributed by atoms with Crippen LogP contribution in [0, 0.1) is 0 Å². The van der Waals surface area contributed by atoms with E-state index in [2.05, 4.69) is 29.3 Å². The normalized spacial score (nSPS) is 12.1. The second-order valence-corrected chi connectivity index (χ2v) is 3.95. The van der Waals surface area contributed by atoms with Gasteiger partial charge in [0.05, 0.1) is 6.04 Å².